The van der Waals surface area contributed by atoms with Gasteiger partial charge in [0.25, 0.3) is 0 Å². The monoisotopic (exact) mass is 617 g/mol. The number of benzene rings is 3. The highest BCUT2D eigenvalue weighted by atomic mass is 35.5. The Morgan fingerprint density at radius 2 is 1.49 bits per heavy atom. The molecule has 3 rings (SSSR count). The molecule has 0 aliphatic heterocycles. The van der Waals surface area contributed by atoms with Crippen molar-refractivity contribution in [2.24, 2.45) is 0 Å². The van der Waals surface area contributed by atoms with E-state index in [1.165, 1.54) is 4.90 Å². The summed E-state index contributed by atoms with van der Waals surface area (Å²) < 4.78 is 26.9. The zero-order valence-corrected chi connectivity index (χ0v) is 26.4. The standard InChI is InChI=1S/C31H37Cl2N3O4S/c1-6-22-12-15-25(16-13-22)36(41(5,39)40)21-29(37)35(20-24-14-17-26(32)27(33)18-24)28(30(38)34-31(2,3)4)19-23-10-8-7-9-11-23/h7-18,28H,6,19-21H2,1-5H3,(H,34,38)/t28-/m0/s1. The van der Waals surface area contributed by atoms with Crippen LogP contribution >= 0.6 is 23.2 Å². The molecule has 0 unspecified atom stereocenters. The molecule has 0 bridgehead atoms. The van der Waals surface area contributed by atoms with Gasteiger partial charge in [-0.05, 0) is 68.1 Å². The summed E-state index contributed by atoms with van der Waals surface area (Å²) in [4.78, 5) is 29.3. The van der Waals surface area contributed by atoms with Crippen LogP contribution in [0.5, 0.6) is 0 Å². The van der Waals surface area contributed by atoms with Gasteiger partial charge in [0, 0.05) is 18.5 Å². The van der Waals surface area contributed by atoms with Crippen LogP contribution in [0.15, 0.2) is 72.8 Å². The number of sulfonamides is 1. The molecule has 220 valence electrons. The third-order valence-corrected chi connectivity index (χ3v) is 8.30. The van der Waals surface area contributed by atoms with Crippen LogP contribution in [0.2, 0.25) is 10.0 Å². The Morgan fingerprint density at radius 3 is 2.02 bits per heavy atom. The van der Waals surface area contributed by atoms with E-state index in [9.17, 15) is 18.0 Å². The second-order valence-electron chi connectivity index (χ2n) is 11.0. The molecule has 0 saturated heterocycles. The van der Waals surface area contributed by atoms with Gasteiger partial charge in [-0.15, -0.1) is 0 Å². The van der Waals surface area contributed by atoms with E-state index >= 15 is 0 Å². The van der Waals surface area contributed by atoms with Crippen LogP contribution in [0.4, 0.5) is 5.69 Å². The highest BCUT2D eigenvalue weighted by molar-refractivity contribution is 7.92. The van der Waals surface area contributed by atoms with Gasteiger partial charge in [0.2, 0.25) is 21.8 Å². The van der Waals surface area contributed by atoms with E-state index < -0.39 is 34.1 Å². The van der Waals surface area contributed by atoms with Gasteiger partial charge in [-0.1, -0.05) is 78.7 Å². The predicted octanol–water partition coefficient (Wildman–Crippen LogP) is 5.88. The van der Waals surface area contributed by atoms with E-state index in [0.717, 1.165) is 28.1 Å². The van der Waals surface area contributed by atoms with Crippen LogP contribution in [0, 0.1) is 0 Å². The molecule has 2 amide bonds. The first-order chi connectivity index (χ1) is 19.2. The van der Waals surface area contributed by atoms with Crippen LogP contribution in [0.1, 0.15) is 44.4 Å². The summed E-state index contributed by atoms with van der Waals surface area (Å²) in [6.07, 6.45) is 2.07. The highest BCUT2D eigenvalue weighted by Gasteiger charge is 2.34. The minimum atomic E-state index is -3.84. The summed E-state index contributed by atoms with van der Waals surface area (Å²) in [7, 11) is -3.84. The minimum Gasteiger partial charge on any atom is -0.350 e. The largest absolute Gasteiger partial charge is 0.350 e. The fourth-order valence-electron chi connectivity index (χ4n) is 4.35. The number of aryl methyl sites for hydroxylation is 1. The lowest BCUT2D eigenvalue weighted by molar-refractivity contribution is -0.140. The fourth-order valence-corrected chi connectivity index (χ4v) is 5.52. The Kier molecular flexibility index (Phi) is 10.9. The molecule has 0 heterocycles. The van der Waals surface area contributed by atoms with Crippen molar-refractivity contribution in [3.05, 3.63) is 99.5 Å². The van der Waals surface area contributed by atoms with E-state index in [1.54, 1.807) is 30.3 Å². The van der Waals surface area contributed by atoms with Gasteiger partial charge < -0.3 is 10.2 Å². The third-order valence-electron chi connectivity index (χ3n) is 6.42. The Labute approximate surface area is 253 Å². The van der Waals surface area contributed by atoms with Crippen molar-refractivity contribution in [3.8, 4) is 0 Å². The third kappa shape index (κ3) is 9.48. The minimum absolute atomic E-state index is 0.0111. The molecule has 0 aliphatic carbocycles. The number of nitrogens with one attached hydrogen (secondary N) is 1. The van der Waals surface area contributed by atoms with Gasteiger partial charge in [0.05, 0.1) is 22.0 Å². The van der Waals surface area contributed by atoms with Gasteiger partial charge in [0.15, 0.2) is 0 Å². The Morgan fingerprint density at radius 1 is 0.878 bits per heavy atom. The fraction of sp³-hybridized carbons (Fsp3) is 0.355. The first-order valence-corrected chi connectivity index (χ1v) is 15.9. The molecule has 1 atom stereocenters. The molecule has 41 heavy (non-hydrogen) atoms. The zero-order chi connectivity index (χ0) is 30.4. The summed E-state index contributed by atoms with van der Waals surface area (Å²) >= 11 is 12.4. The lowest BCUT2D eigenvalue weighted by Crippen LogP contribution is -2.56. The second kappa shape index (κ2) is 13.7. The van der Waals surface area contributed by atoms with Crippen molar-refractivity contribution < 1.29 is 18.0 Å². The molecular weight excluding hydrogens is 581 g/mol. The van der Waals surface area contributed by atoms with Crippen molar-refractivity contribution >= 4 is 50.7 Å². The van der Waals surface area contributed by atoms with Crippen LogP contribution in [-0.4, -0.2) is 49.5 Å². The van der Waals surface area contributed by atoms with Crippen molar-refractivity contribution in [1.82, 2.24) is 10.2 Å². The summed E-state index contributed by atoms with van der Waals surface area (Å²) in [6, 6.07) is 20.5. The molecule has 10 heteroatoms. The summed E-state index contributed by atoms with van der Waals surface area (Å²) in [6.45, 7) is 7.11. The molecular formula is C31H37Cl2N3O4S. The molecule has 3 aromatic rings. The quantitative estimate of drug-likeness (QED) is 0.291. The zero-order valence-electron chi connectivity index (χ0n) is 24.0. The molecule has 1 N–H and O–H groups in total. The number of carbonyl (C=O) groups excluding carboxylic acids is 2. The van der Waals surface area contributed by atoms with Crippen LogP contribution in [0.25, 0.3) is 0 Å². The number of halogens is 2. The number of nitrogens with zero attached hydrogens (tertiary/aromatic N) is 2. The van der Waals surface area contributed by atoms with Crippen LogP contribution in [-0.2, 0) is 39.0 Å². The van der Waals surface area contributed by atoms with Crippen molar-refractivity contribution in [3.63, 3.8) is 0 Å². The summed E-state index contributed by atoms with van der Waals surface area (Å²) in [5.74, 6) is -0.890. The molecule has 0 saturated carbocycles. The van der Waals surface area contributed by atoms with Crippen molar-refractivity contribution in [2.45, 2.75) is 58.7 Å². The van der Waals surface area contributed by atoms with E-state index in [0.29, 0.717) is 21.3 Å². The highest BCUT2D eigenvalue weighted by Crippen LogP contribution is 2.25. The van der Waals surface area contributed by atoms with Crippen molar-refractivity contribution in [1.29, 1.82) is 0 Å². The SMILES string of the molecule is CCc1ccc(N(CC(=O)N(Cc2ccc(Cl)c(Cl)c2)[C@@H](Cc2ccccc2)C(=O)NC(C)(C)C)S(C)(=O)=O)cc1. The molecule has 0 aromatic heterocycles. The molecule has 0 radical (unpaired) electrons. The molecule has 0 aliphatic rings. The van der Waals surface area contributed by atoms with E-state index in [2.05, 4.69) is 5.32 Å². The van der Waals surface area contributed by atoms with Gasteiger partial charge in [0.1, 0.15) is 12.6 Å². The normalized spacial score (nSPS) is 12.5. The number of carbonyl (C=O) groups is 2. The van der Waals surface area contributed by atoms with Crippen LogP contribution < -0.4 is 9.62 Å². The maximum absolute atomic E-state index is 14.1. The van der Waals surface area contributed by atoms with Gasteiger partial charge in [-0.3, -0.25) is 13.9 Å². The van der Waals surface area contributed by atoms with E-state index in [-0.39, 0.29) is 18.9 Å². The van der Waals surface area contributed by atoms with Gasteiger partial charge >= 0.3 is 0 Å². The average Bonchev–Trinajstić information content (AvgIpc) is 2.90. The predicted molar refractivity (Wildman–Crippen MR) is 167 cm³/mol. The maximum Gasteiger partial charge on any atom is 0.244 e. The van der Waals surface area contributed by atoms with Crippen LogP contribution in [0.3, 0.4) is 0 Å². The van der Waals surface area contributed by atoms with E-state index in [4.69, 9.17) is 23.2 Å². The Hall–Kier alpha value is -3.07. The average molecular weight is 619 g/mol. The van der Waals surface area contributed by atoms with Gasteiger partial charge in [-0.25, -0.2) is 8.42 Å². The molecule has 0 fully saturated rings. The number of anilines is 1. The molecule has 3 aromatic carbocycles. The van der Waals surface area contributed by atoms with E-state index in [1.807, 2.05) is 70.2 Å². The molecule has 0 spiro atoms. The number of hydrogen-bond donors (Lipinski definition) is 1. The van der Waals surface area contributed by atoms with Gasteiger partial charge in [-0.2, -0.15) is 0 Å². The number of hydrogen-bond acceptors (Lipinski definition) is 4. The Bertz CT molecular complexity index is 1460. The first-order valence-electron chi connectivity index (χ1n) is 13.3. The van der Waals surface area contributed by atoms with Crippen molar-refractivity contribution in [2.75, 3.05) is 17.1 Å². The summed E-state index contributed by atoms with van der Waals surface area (Å²) in [5.41, 5.74) is 2.34. The lowest BCUT2D eigenvalue weighted by Gasteiger charge is -2.35. The number of rotatable bonds is 11. The smallest absolute Gasteiger partial charge is 0.244 e. The topological polar surface area (TPSA) is 86.8 Å². The number of amides is 2. The summed E-state index contributed by atoms with van der Waals surface area (Å²) in [5, 5.41) is 3.67. The molecule has 7 nitrogen and oxygen atoms in total. The Balaban J connectivity index is 2.08. The maximum atomic E-state index is 14.1. The second-order valence-corrected chi connectivity index (χ2v) is 13.7. The first kappa shape index (κ1) is 32.4. The lowest BCUT2D eigenvalue weighted by atomic mass is 10.0.